The van der Waals surface area contributed by atoms with Crippen LogP contribution in [0.4, 0.5) is 0 Å². The second kappa shape index (κ2) is 13.5. The van der Waals surface area contributed by atoms with Crippen molar-refractivity contribution >= 4 is 38.2 Å². The predicted octanol–water partition coefficient (Wildman–Crippen LogP) is 13.0. The summed E-state index contributed by atoms with van der Waals surface area (Å²) in [5.74, 6) is 0. The molecule has 6 aromatic carbocycles. The van der Waals surface area contributed by atoms with Crippen LogP contribution < -0.4 is 0 Å². The van der Waals surface area contributed by atoms with Gasteiger partial charge in [-0.25, -0.2) is 0 Å². The van der Waals surface area contributed by atoms with Crippen molar-refractivity contribution < 1.29 is 0 Å². The van der Waals surface area contributed by atoms with E-state index in [-0.39, 0.29) is 0 Å². The maximum atomic E-state index is 4.12. The molecule has 1 nitrogen and oxygen atoms in total. The quantitative estimate of drug-likeness (QED) is 0.128. The first-order chi connectivity index (χ1) is 22.6. The third-order valence-corrected chi connectivity index (χ3v) is 8.77. The van der Waals surface area contributed by atoms with Crippen molar-refractivity contribution in [2.45, 2.75) is 20.3 Å². The van der Waals surface area contributed by atoms with Gasteiger partial charge in [0.15, 0.2) is 0 Å². The number of para-hydroxylation sites is 1. The SMILES string of the molecule is C=C.C=C/C(=C\C/C(C)=C/C)c1ccc2c(ccc3c4ccc(-c5ccc(-c6ccccc6)cc5)cc4n(-c4ccccc4)c23)c1. The Morgan fingerprint density at radius 2 is 1.22 bits per heavy atom. The highest BCUT2D eigenvalue weighted by Gasteiger charge is 2.16. The predicted molar refractivity (Wildman–Crippen MR) is 203 cm³/mol. The summed E-state index contributed by atoms with van der Waals surface area (Å²) in [6, 6.07) is 48.5. The minimum atomic E-state index is 0.925. The summed E-state index contributed by atoms with van der Waals surface area (Å²) in [7, 11) is 0. The van der Waals surface area contributed by atoms with Gasteiger partial charge in [0.1, 0.15) is 0 Å². The Hall–Kier alpha value is -5.66. The molecule has 1 heterocycles. The van der Waals surface area contributed by atoms with Gasteiger partial charge >= 0.3 is 0 Å². The molecular weight excluding hydrogens is 555 g/mol. The van der Waals surface area contributed by atoms with E-state index in [1.807, 2.05) is 6.08 Å². The van der Waals surface area contributed by atoms with Gasteiger partial charge in [0.2, 0.25) is 0 Å². The fourth-order valence-corrected chi connectivity index (χ4v) is 6.23. The smallest absolute Gasteiger partial charge is 0.0619 e. The van der Waals surface area contributed by atoms with Crippen LogP contribution in [0.25, 0.3) is 66.1 Å². The van der Waals surface area contributed by atoms with E-state index in [0.717, 1.165) is 12.1 Å². The van der Waals surface area contributed by atoms with E-state index < -0.39 is 0 Å². The molecule has 46 heavy (non-hydrogen) atoms. The lowest BCUT2D eigenvalue weighted by molar-refractivity contribution is 1.19. The Bertz CT molecular complexity index is 2210. The van der Waals surface area contributed by atoms with E-state index in [4.69, 9.17) is 0 Å². The van der Waals surface area contributed by atoms with Crippen molar-refractivity contribution in [1.29, 1.82) is 0 Å². The molecule has 0 aliphatic carbocycles. The van der Waals surface area contributed by atoms with E-state index in [9.17, 15) is 0 Å². The summed E-state index contributed by atoms with van der Waals surface area (Å²) in [6.45, 7) is 14.4. The molecule has 0 saturated carbocycles. The van der Waals surface area contributed by atoms with Crippen LogP contribution in [-0.2, 0) is 0 Å². The normalized spacial score (nSPS) is 11.9. The molecule has 0 bridgehead atoms. The largest absolute Gasteiger partial charge is 0.309 e. The van der Waals surface area contributed by atoms with Crippen molar-refractivity contribution in [1.82, 2.24) is 4.57 Å². The molecule has 0 fully saturated rings. The average molecular weight is 594 g/mol. The first-order valence-corrected chi connectivity index (χ1v) is 15.8. The summed E-state index contributed by atoms with van der Waals surface area (Å²) >= 11 is 0. The lowest BCUT2D eigenvalue weighted by Gasteiger charge is -2.12. The zero-order valence-corrected chi connectivity index (χ0v) is 26.7. The highest BCUT2D eigenvalue weighted by atomic mass is 15.0. The number of hydrogen-bond donors (Lipinski definition) is 0. The molecule has 0 aliphatic heterocycles. The standard InChI is InChI=1S/C43H35N.C2H4/c1-4-30(3)16-17-31(5-2)35-22-25-39-37(28-35)24-27-41-40-26-23-36(29-42(40)44(43(39)41)38-14-10-7-11-15-38)34-20-18-33(19-21-34)32-12-8-6-9-13-32;1-2/h4-15,17-29H,2,16H2,1,3H3;1-2H2/b30-4+,31-17+;. The van der Waals surface area contributed by atoms with Crippen LogP contribution in [0.5, 0.6) is 0 Å². The molecule has 1 aromatic heterocycles. The number of benzene rings is 6. The van der Waals surface area contributed by atoms with Crippen LogP contribution >= 0.6 is 0 Å². The third kappa shape index (κ3) is 5.76. The third-order valence-electron chi connectivity index (χ3n) is 8.77. The van der Waals surface area contributed by atoms with Crippen LogP contribution in [0.3, 0.4) is 0 Å². The summed E-state index contributed by atoms with van der Waals surface area (Å²) < 4.78 is 2.44. The van der Waals surface area contributed by atoms with Crippen LogP contribution in [-0.4, -0.2) is 4.57 Å². The van der Waals surface area contributed by atoms with E-state index in [2.05, 4.69) is 184 Å². The van der Waals surface area contributed by atoms with Gasteiger partial charge in [-0.2, -0.15) is 0 Å². The number of fused-ring (bicyclic) bond motifs is 5. The Kier molecular flexibility index (Phi) is 8.94. The Morgan fingerprint density at radius 3 is 1.89 bits per heavy atom. The minimum absolute atomic E-state index is 0.925. The lowest BCUT2D eigenvalue weighted by Crippen LogP contribution is -1.94. The molecule has 0 radical (unpaired) electrons. The van der Waals surface area contributed by atoms with E-state index >= 15 is 0 Å². The van der Waals surface area contributed by atoms with E-state index in [1.165, 1.54) is 71.5 Å². The number of nitrogens with zero attached hydrogens (tertiary/aromatic N) is 1. The number of allylic oxidation sites excluding steroid dienone is 5. The molecule has 0 aliphatic rings. The van der Waals surface area contributed by atoms with Gasteiger partial charge in [-0.1, -0.05) is 140 Å². The van der Waals surface area contributed by atoms with Gasteiger partial charge in [0.25, 0.3) is 0 Å². The summed E-state index contributed by atoms with van der Waals surface area (Å²) in [5, 5.41) is 4.99. The Labute approximate surface area is 272 Å². The highest BCUT2D eigenvalue weighted by molar-refractivity contribution is 6.19. The molecule has 1 heteroatoms. The van der Waals surface area contributed by atoms with Gasteiger partial charge in [0.05, 0.1) is 11.0 Å². The van der Waals surface area contributed by atoms with Crippen molar-refractivity contribution in [2.75, 3.05) is 0 Å². The minimum Gasteiger partial charge on any atom is -0.309 e. The van der Waals surface area contributed by atoms with Gasteiger partial charge in [-0.15, -0.1) is 13.2 Å². The maximum Gasteiger partial charge on any atom is 0.0619 e. The second-order valence-electron chi connectivity index (χ2n) is 11.4. The molecular formula is C45H39N. The molecule has 0 spiro atoms. The van der Waals surface area contributed by atoms with Crippen LogP contribution in [0.2, 0.25) is 0 Å². The first-order valence-electron chi connectivity index (χ1n) is 15.8. The molecule has 7 aromatic rings. The monoisotopic (exact) mass is 593 g/mol. The van der Waals surface area contributed by atoms with Gasteiger partial charge in [-0.3, -0.25) is 0 Å². The van der Waals surface area contributed by atoms with Crippen molar-refractivity contribution in [2.24, 2.45) is 0 Å². The lowest BCUT2D eigenvalue weighted by atomic mass is 9.97. The molecule has 0 unspecified atom stereocenters. The zero-order valence-electron chi connectivity index (χ0n) is 26.7. The average Bonchev–Trinajstić information content (AvgIpc) is 3.47. The van der Waals surface area contributed by atoms with E-state index in [1.54, 1.807) is 0 Å². The zero-order chi connectivity index (χ0) is 32.0. The second-order valence-corrected chi connectivity index (χ2v) is 11.4. The van der Waals surface area contributed by atoms with E-state index in [0.29, 0.717) is 0 Å². The number of rotatable bonds is 7. The van der Waals surface area contributed by atoms with Gasteiger partial charge in [-0.05, 0) is 83.3 Å². The first kappa shape index (κ1) is 30.4. The van der Waals surface area contributed by atoms with Crippen molar-refractivity contribution in [3.8, 4) is 27.9 Å². The molecule has 7 rings (SSSR count). The Balaban J connectivity index is 0.00000182. The van der Waals surface area contributed by atoms with Gasteiger partial charge < -0.3 is 4.57 Å². The summed E-state index contributed by atoms with van der Waals surface area (Å²) in [6.07, 6.45) is 7.34. The van der Waals surface area contributed by atoms with Gasteiger partial charge in [0, 0.05) is 21.8 Å². The van der Waals surface area contributed by atoms with Crippen LogP contribution in [0, 0.1) is 0 Å². The molecule has 0 amide bonds. The number of aromatic nitrogens is 1. The maximum absolute atomic E-state index is 4.12. The van der Waals surface area contributed by atoms with Crippen molar-refractivity contribution in [3.05, 3.63) is 183 Å². The van der Waals surface area contributed by atoms with Crippen LogP contribution in [0.15, 0.2) is 177 Å². The topological polar surface area (TPSA) is 4.93 Å². The fourth-order valence-electron chi connectivity index (χ4n) is 6.23. The van der Waals surface area contributed by atoms with Crippen molar-refractivity contribution in [3.63, 3.8) is 0 Å². The van der Waals surface area contributed by atoms with Crippen LogP contribution in [0.1, 0.15) is 25.8 Å². The Morgan fingerprint density at radius 1 is 0.630 bits per heavy atom. The molecule has 0 N–H and O–H groups in total. The number of hydrogen-bond acceptors (Lipinski definition) is 0. The summed E-state index contributed by atoms with van der Waals surface area (Å²) in [4.78, 5) is 0. The molecule has 0 atom stereocenters. The molecule has 224 valence electrons. The molecule has 0 saturated heterocycles. The summed E-state index contributed by atoms with van der Waals surface area (Å²) in [5.41, 5.74) is 12.2. The highest BCUT2D eigenvalue weighted by Crippen LogP contribution is 2.39. The fraction of sp³-hybridized carbons (Fsp3) is 0.0667.